The number of halogens is 4. The van der Waals surface area contributed by atoms with Gasteiger partial charge in [0.25, 0.3) is 0 Å². The zero-order valence-corrected chi connectivity index (χ0v) is 32.3. The van der Waals surface area contributed by atoms with Crippen molar-refractivity contribution in [3.05, 3.63) is 81.6 Å². The molecule has 300 valence electrons. The number of ether oxygens (including phenoxy) is 2. The number of carbonyl (C=O) groups is 2. The van der Waals surface area contributed by atoms with Crippen LogP contribution in [0.1, 0.15) is 79.1 Å². The van der Waals surface area contributed by atoms with Crippen LogP contribution < -0.4 is 25.4 Å². The van der Waals surface area contributed by atoms with Crippen molar-refractivity contribution in [2.24, 2.45) is 0 Å². The number of nitrogens with one attached hydrogen (secondary N) is 3. The van der Waals surface area contributed by atoms with Gasteiger partial charge in [0.05, 0.1) is 31.0 Å². The van der Waals surface area contributed by atoms with Crippen molar-refractivity contribution in [2.45, 2.75) is 94.3 Å². The number of carboxylic acid groups (broad SMARTS) is 1. The van der Waals surface area contributed by atoms with Gasteiger partial charge >= 0.3 is 12.1 Å². The summed E-state index contributed by atoms with van der Waals surface area (Å²) in [5.74, 6) is -0.990. The van der Waals surface area contributed by atoms with Gasteiger partial charge in [0.15, 0.2) is 11.5 Å². The molecule has 0 unspecified atom stereocenters. The number of benzene rings is 2. The number of alkyl halides is 3. The second-order valence-corrected chi connectivity index (χ2v) is 15.5. The van der Waals surface area contributed by atoms with E-state index < -0.39 is 35.2 Å². The Balaban J connectivity index is 1.05. The molecule has 57 heavy (non-hydrogen) atoms. The van der Waals surface area contributed by atoms with Crippen molar-refractivity contribution in [2.75, 3.05) is 26.1 Å². The number of hydrogen-bond acceptors (Lipinski definition) is 10. The highest BCUT2D eigenvalue weighted by Crippen LogP contribution is 2.49. The normalized spacial score (nSPS) is 22.8. The molecule has 1 amide bonds. The number of carboxylic acids is 1. The molecule has 3 fully saturated rings. The number of pyridine rings is 1. The van der Waals surface area contributed by atoms with Crippen LogP contribution in [0.25, 0.3) is 22.4 Å². The van der Waals surface area contributed by atoms with Crippen molar-refractivity contribution in [1.29, 1.82) is 0 Å². The maximum atomic E-state index is 14.7. The summed E-state index contributed by atoms with van der Waals surface area (Å²) in [6.45, 7) is 1.02. The van der Waals surface area contributed by atoms with E-state index in [2.05, 4.69) is 25.9 Å². The van der Waals surface area contributed by atoms with E-state index in [1.165, 1.54) is 7.11 Å². The Morgan fingerprint density at radius 3 is 2.40 bits per heavy atom. The summed E-state index contributed by atoms with van der Waals surface area (Å²) in [4.78, 5) is 38.8. The highest BCUT2D eigenvalue weighted by atomic mass is 35.5. The number of hydrogen-bond donors (Lipinski definition) is 4. The minimum Gasteiger partial charge on any atom is -0.481 e. The molecule has 5 heterocycles. The first-order valence-corrected chi connectivity index (χ1v) is 19.5. The summed E-state index contributed by atoms with van der Waals surface area (Å²) in [6, 6.07) is 14.7. The lowest BCUT2D eigenvalue weighted by Gasteiger charge is -2.31. The molecular formula is C41H43ClF3N7O5. The van der Waals surface area contributed by atoms with E-state index >= 15 is 0 Å². The Morgan fingerprint density at radius 2 is 1.70 bits per heavy atom. The van der Waals surface area contributed by atoms with E-state index in [1.54, 1.807) is 12.0 Å². The van der Waals surface area contributed by atoms with E-state index in [4.69, 9.17) is 26.1 Å². The summed E-state index contributed by atoms with van der Waals surface area (Å²) in [5.41, 5.74) is 3.20. The fraction of sp³-hybridized carbons (Fsp3) is 0.439. The molecule has 3 aliphatic heterocycles. The zero-order chi connectivity index (χ0) is 40.1. The first-order chi connectivity index (χ1) is 27.4. The monoisotopic (exact) mass is 805 g/mol. The minimum absolute atomic E-state index is 0.0486. The minimum atomic E-state index is -4.85. The topological polar surface area (TPSA) is 151 Å². The second kappa shape index (κ2) is 15.4. The zero-order valence-electron chi connectivity index (χ0n) is 31.5. The molecule has 4 N–H and O–H groups in total. The predicted molar refractivity (Wildman–Crippen MR) is 206 cm³/mol. The quantitative estimate of drug-likeness (QED) is 0.111. The molecule has 0 spiro atoms. The molecule has 4 aliphatic rings. The lowest BCUT2D eigenvalue weighted by Crippen LogP contribution is -2.47. The summed E-state index contributed by atoms with van der Waals surface area (Å²) < 4.78 is 55.2. The molecule has 2 aromatic heterocycles. The molecule has 2 aromatic carbocycles. The van der Waals surface area contributed by atoms with Crippen molar-refractivity contribution in [3.63, 3.8) is 0 Å². The molecule has 8 rings (SSSR count). The Hall–Kier alpha value is -4.99. The van der Waals surface area contributed by atoms with Crippen LogP contribution >= 0.6 is 11.6 Å². The van der Waals surface area contributed by atoms with Gasteiger partial charge in [0.2, 0.25) is 17.7 Å². The molecule has 4 aromatic rings. The summed E-state index contributed by atoms with van der Waals surface area (Å²) in [6.07, 6.45) is -0.250. The molecule has 12 nitrogen and oxygen atoms in total. The van der Waals surface area contributed by atoms with Crippen LogP contribution in [0.4, 0.5) is 19.0 Å². The summed E-state index contributed by atoms with van der Waals surface area (Å²) in [5, 5.41) is 19.9. The molecule has 16 heteroatoms. The van der Waals surface area contributed by atoms with Gasteiger partial charge in [-0.3, -0.25) is 14.5 Å². The lowest BCUT2D eigenvalue weighted by atomic mass is 9.88. The van der Waals surface area contributed by atoms with Gasteiger partial charge in [-0.1, -0.05) is 54.1 Å². The molecule has 0 saturated carbocycles. The fourth-order valence-electron chi connectivity index (χ4n) is 9.13. The highest BCUT2D eigenvalue weighted by Gasteiger charge is 2.57. The van der Waals surface area contributed by atoms with Crippen LogP contribution in [0.5, 0.6) is 11.8 Å². The van der Waals surface area contributed by atoms with E-state index in [1.807, 2.05) is 48.5 Å². The number of amides is 1. The smallest absolute Gasteiger partial charge is 0.437 e. The number of methoxy groups -OCH3 is 2. The van der Waals surface area contributed by atoms with Gasteiger partial charge in [-0.25, -0.2) is 9.97 Å². The molecule has 1 aliphatic carbocycles. The number of rotatable bonds is 13. The Kier molecular flexibility index (Phi) is 10.5. The van der Waals surface area contributed by atoms with E-state index in [9.17, 15) is 27.9 Å². The Labute approximate surface area is 332 Å². The number of aliphatic carboxylic acids is 1. The van der Waals surface area contributed by atoms with Crippen molar-refractivity contribution in [3.8, 4) is 34.1 Å². The maximum Gasteiger partial charge on any atom is 0.437 e. The Morgan fingerprint density at radius 1 is 0.965 bits per heavy atom. The maximum absolute atomic E-state index is 14.7. The molecule has 0 radical (unpaired) electrons. The number of fused-ring (bicyclic) bond motifs is 3. The van der Waals surface area contributed by atoms with E-state index in [0.29, 0.717) is 80.2 Å². The summed E-state index contributed by atoms with van der Waals surface area (Å²) >= 11 is 7.14. The van der Waals surface area contributed by atoms with Gasteiger partial charge in [-0.15, -0.1) is 0 Å². The standard InChI is InChI=1S/C41H43ClF3N7O5/c1-56-37-22(19-46-20-23-10-14-33(53)47-23)9-12-31(50-37)29-8-4-7-28(34(29)42)25-5-3-6-27-26(25)11-13-30(27)49-36-35(41(43,44)45)48-32(38(51-36)57-2)21-52-24-15-17-40(52,18-16-24)39(54)55/h3-9,12,23-24,30,46H,10-11,13-21H2,1-2H3,(H,47,53)(H,49,51)(H,54,55)/t23-,24?,30-,40?/m0/s1. The molecule has 2 bridgehead atoms. The first-order valence-electron chi connectivity index (χ1n) is 19.1. The van der Waals surface area contributed by atoms with Crippen LogP contribution in [-0.2, 0) is 35.3 Å². The van der Waals surface area contributed by atoms with Crippen LogP contribution in [0.2, 0.25) is 5.02 Å². The lowest BCUT2D eigenvalue weighted by molar-refractivity contribution is -0.149. The van der Waals surface area contributed by atoms with Crippen molar-refractivity contribution >= 4 is 29.3 Å². The largest absolute Gasteiger partial charge is 0.481 e. The average molecular weight is 806 g/mol. The number of anilines is 1. The molecule has 3 saturated heterocycles. The fourth-order valence-corrected chi connectivity index (χ4v) is 9.45. The van der Waals surface area contributed by atoms with Gasteiger partial charge < -0.3 is 30.5 Å². The molecular weight excluding hydrogens is 763 g/mol. The third-order valence-corrected chi connectivity index (χ3v) is 12.4. The number of nitrogens with zero attached hydrogens (tertiary/aromatic N) is 4. The number of carbonyl (C=O) groups excluding carboxylic acids is 1. The average Bonchev–Trinajstić information content (AvgIpc) is 3.98. The van der Waals surface area contributed by atoms with Crippen molar-refractivity contribution in [1.82, 2.24) is 30.5 Å². The second-order valence-electron chi connectivity index (χ2n) is 15.1. The molecule has 2 atom stereocenters. The third kappa shape index (κ3) is 7.25. The van der Waals surface area contributed by atoms with Crippen LogP contribution in [0, 0.1) is 0 Å². The third-order valence-electron chi connectivity index (χ3n) is 12.0. The van der Waals surface area contributed by atoms with Gasteiger partial charge in [-0.2, -0.15) is 18.2 Å². The highest BCUT2D eigenvalue weighted by molar-refractivity contribution is 6.36. The predicted octanol–water partition coefficient (Wildman–Crippen LogP) is 6.94. The Bertz CT molecular complexity index is 2210. The summed E-state index contributed by atoms with van der Waals surface area (Å²) in [7, 11) is 2.88. The van der Waals surface area contributed by atoms with Crippen LogP contribution in [0.3, 0.4) is 0 Å². The van der Waals surface area contributed by atoms with E-state index in [-0.39, 0.29) is 36.1 Å². The van der Waals surface area contributed by atoms with Crippen LogP contribution in [0.15, 0.2) is 48.5 Å². The van der Waals surface area contributed by atoms with Crippen LogP contribution in [-0.4, -0.2) is 75.2 Å². The first kappa shape index (κ1) is 38.9. The van der Waals surface area contributed by atoms with Gasteiger partial charge in [0, 0.05) is 54.8 Å². The SMILES string of the molecule is COc1nc(-c2cccc(-c3cccc4c3CC[C@@H]4Nc3nc(OC)c(CN4C5CCC4(C(=O)O)CC5)nc3C(F)(F)F)c2Cl)ccc1CNC[C@@H]1CCC(=O)N1. The van der Waals surface area contributed by atoms with Crippen molar-refractivity contribution < 1.29 is 37.3 Å². The van der Waals surface area contributed by atoms with Gasteiger partial charge in [-0.05, 0) is 67.7 Å². The van der Waals surface area contributed by atoms with E-state index in [0.717, 1.165) is 34.2 Å². The van der Waals surface area contributed by atoms with Gasteiger partial charge in [0.1, 0.15) is 11.2 Å². The number of aromatic nitrogens is 3.